The van der Waals surface area contributed by atoms with Crippen molar-refractivity contribution >= 4 is 17.5 Å². The first-order chi connectivity index (χ1) is 12.6. The number of aromatic nitrogens is 2. The number of hydrogen-bond donors (Lipinski definition) is 0. The van der Waals surface area contributed by atoms with E-state index >= 15 is 0 Å². The molecule has 0 atom stereocenters. The summed E-state index contributed by atoms with van der Waals surface area (Å²) >= 11 is 1.21. The summed E-state index contributed by atoms with van der Waals surface area (Å²) in [6.07, 6.45) is 0. The second-order valence-corrected chi connectivity index (χ2v) is 6.45. The number of aryl methyl sites for hydroxylation is 1. The van der Waals surface area contributed by atoms with Crippen LogP contribution in [0.4, 0.5) is 0 Å². The maximum Gasteiger partial charge on any atom is 0.277 e. The highest BCUT2D eigenvalue weighted by atomic mass is 32.2. The van der Waals surface area contributed by atoms with Gasteiger partial charge in [0, 0.05) is 11.1 Å². The van der Waals surface area contributed by atoms with Crippen LogP contribution in [0.25, 0.3) is 11.5 Å². The molecule has 0 aliphatic heterocycles. The average Bonchev–Trinajstić information content (AvgIpc) is 3.15. The summed E-state index contributed by atoms with van der Waals surface area (Å²) in [4.78, 5) is 12.2. The van der Waals surface area contributed by atoms with Crippen molar-refractivity contribution in [3.05, 3.63) is 53.6 Å². The van der Waals surface area contributed by atoms with E-state index in [0.29, 0.717) is 33.7 Å². The zero-order valence-electron chi connectivity index (χ0n) is 14.7. The largest absolute Gasteiger partial charge is 0.493 e. The molecule has 134 valence electrons. The Morgan fingerprint density at radius 1 is 1.04 bits per heavy atom. The van der Waals surface area contributed by atoms with E-state index in [4.69, 9.17) is 13.9 Å². The van der Waals surface area contributed by atoms with E-state index < -0.39 is 0 Å². The van der Waals surface area contributed by atoms with Crippen molar-refractivity contribution in [1.82, 2.24) is 10.2 Å². The third-order valence-electron chi connectivity index (χ3n) is 3.74. The number of benzene rings is 2. The van der Waals surface area contributed by atoms with Gasteiger partial charge in [-0.25, -0.2) is 0 Å². The predicted octanol–water partition coefficient (Wildman–Crippen LogP) is 4.04. The Hall–Kier alpha value is -2.80. The predicted molar refractivity (Wildman–Crippen MR) is 99.1 cm³/mol. The minimum absolute atomic E-state index is 0.0147. The SMILES string of the molecule is COc1ccc(-c2nnc(SCC(=O)c3ccc(C)cc3)o2)cc1OC. The van der Waals surface area contributed by atoms with Gasteiger partial charge in [-0.2, -0.15) is 0 Å². The molecule has 0 saturated carbocycles. The lowest BCUT2D eigenvalue weighted by atomic mass is 10.1. The summed E-state index contributed by atoms with van der Waals surface area (Å²) in [5.41, 5.74) is 2.50. The van der Waals surface area contributed by atoms with Crippen molar-refractivity contribution in [2.75, 3.05) is 20.0 Å². The summed E-state index contributed by atoms with van der Waals surface area (Å²) in [6.45, 7) is 1.98. The van der Waals surface area contributed by atoms with Gasteiger partial charge in [-0.05, 0) is 25.1 Å². The number of carbonyl (C=O) groups excluding carboxylic acids is 1. The van der Waals surface area contributed by atoms with Gasteiger partial charge < -0.3 is 13.9 Å². The van der Waals surface area contributed by atoms with Crippen LogP contribution >= 0.6 is 11.8 Å². The molecular formula is C19H18N2O4S. The molecule has 0 radical (unpaired) electrons. The molecule has 26 heavy (non-hydrogen) atoms. The smallest absolute Gasteiger partial charge is 0.277 e. The number of ketones is 1. The van der Waals surface area contributed by atoms with Gasteiger partial charge in [-0.15, -0.1) is 10.2 Å². The molecule has 0 N–H and O–H groups in total. The van der Waals surface area contributed by atoms with Crippen LogP contribution in [0.15, 0.2) is 52.1 Å². The Balaban J connectivity index is 1.68. The summed E-state index contributed by atoms with van der Waals surface area (Å²) in [5.74, 6) is 1.80. The maximum absolute atomic E-state index is 12.2. The number of hydrogen-bond acceptors (Lipinski definition) is 7. The van der Waals surface area contributed by atoms with E-state index in [0.717, 1.165) is 5.56 Å². The monoisotopic (exact) mass is 370 g/mol. The van der Waals surface area contributed by atoms with Gasteiger partial charge in [0.25, 0.3) is 5.22 Å². The Labute approximate surface area is 155 Å². The van der Waals surface area contributed by atoms with Gasteiger partial charge in [0.2, 0.25) is 5.89 Å². The number of thioether (sulfide) groups is 1. The minimum Gasteiger partial charge on any atom is -0.493 e. The molecule has 0 aliphatic rings. The Bertz CT molecular complexity index is 906. The number of ether oxygens (including phenoxy) is 2. The molecule has 1 aromatic heterocycles. The first-order valence-electron chi connectivity index (χ1n) is 7.89. The van der Waals surface area contributed by atoms with Crippen molar-refractivity contribution in [2.45, 2.75) is 12.1 Å². The van der Waals surface area contributed by atoms with Crippen LogP contribution < -0.4 is 9.47 Å². The normalized spacial score (nSPS) is 10.6. The lowest BCUT2D eigenvalue weighted by Crippen LogP contribution is -2.02. The molecule has 0 bridgehead atoms. The van der Waals surface area contributed by atoms with Crippen molar-refractivity contribution in [3.63, 3.8) is 0 Å². The van der Waals surface area contributed by atoms with Crippen LogP contribution in [0.1, 0.15) is 15.9 Å². The fraction of sp³-hybridized carbons (Fsp3) is 0.211. The maximum atomic E-state index is 12.2. The molecule has 6 nitrogen and oxygen atoms in total. The van der Waals surface area contributed by atoms with Gasteiger partial charge in [0.05, 0.1) is 20.0 Å². The molecule has 0 spiro atoms. The summed E-state index contributed by atoms with van der Waals surface area (Å²) in [7, 11) is 3.14. The second kappa shape index (κ2) is 8.05. The van der Waals surface area contributed by atoms with E-state index in [2.05, 4.69) is 10.2 Å². The molecule has 0 aliphatic carbocycles. The highest BCUT2D eigenvalue weighted by Crippen LogP contribution is 2.32. The van der Waals surface area contributed by atoms with Crippen molar-refractivity contribution in [2.24, 2.45) is 0 Å². The highest BCUT2D eigenvalue weighted by Gasteiger charge is 2.14. The van der Waals surface area contributed by atoms with Crippen LogP contribution in [0.5, 0.6) is 11.5 Å². The van der Waals surface area contributed by atoms with Gasteiger partial charge in [0.1, 0.15) is 0 Å². The number of rotatable bonds is 7. The third-order valence-corrected chi connectivity index (χ3v) is 4.56. The number of carbonyl (C=O) groups is 1. The molecule has 0 amide bonds. The number of Topliss-reactive ketones (excluding diaryl/α,β-unsaturated/α-hetero) is 1. The second-order valence-electron chi connectivity index (χ2n) is 5.52. The zero-order chi connectivity index (χ0) is 18.5. The number of methoxy groups -OCH3 is 2. The Kier molecular flexibility index (Phi) is 5.58. The minimum atomic E-state index is 0.0147. The van der Waals surface area contributed by atoms with Crippen molar-refractivity contribution in [1.29, 1.82) is 0 Å². The topological polar surface area (TPSA) is 74.5 Å². The third kappa shape index (κ3) is 4.05. The fourth-order valence-corrected chi connectivity index (χ4v) is 2.96. The molecule has 0 saturated heterocycles. The van der Waals surface area contributed by atoms with Gasteiger partial charge >= 0.3 is 0 Å². The van der Waals surface area contributed by atoms with E-state index in [9.17, 15) is 4.79 Å². The van der Waals surface area contributed by atoms with E-state index in [1.54, 1.807) is 32.4 Å². The molecule has 0 fully saturated rings. The summed E-state index contributed by atoms with van der Waals surface area (Å²) in [6, 6.07) is 12.8. The van der Waals surface area contributed by atoms with Crippen LogP contribution in [-0.2, 0) is 0 Å². The highest BCUT2D eigenvalue weighted by molar-refractivity contribution is 7.99. The Morgan fingerprint density at radius 2 is 1.77 bits per heavy atom. The van der Waals surface area contributed by atoms with E-state index in [1.165, 1.54) is 11.8 Å². The number of nitrogens with zero attached hydrogens (tertiary/aromatic N) is 2. The van der Waals surface area contributed by atoms with Gasteiger partial charge in [0.15, 0.2) is 17.3 Å². The van der Waals surface area contributed by atoms with Crippen LogP contribution in [0.3, 0.4) is 0 Å². The van der Waals surface area contributed by atoms with E-state index in [-0.39, 0.29) is 11.5 Å². The van der Waals surface area contributed by atoms with Gasteiger partial charge in [-0.1, -0.05) is 41.6 Å². The van der Waals surface area contributed by atoms with Crippen molar-refractivity contribution in [3.8, 4) is 23.0 Å². The molecule has 1 heterocycles. The van der Waals surface area contributed by atoms with Crippen LogP contribution in [-0.4, -0.2) is 36.0 Å². The quantitative estimate of drug-likeness (QED) is 0.459. The van der Waals surface area contributed by atoms with Gasteiger partial charge in [-0.3, -0.25) is 4.79 Å². The van der Waals surface area contributed by atoms with Crippen LogP contribution in [0, 0.1) is 6.92 Å². The zero-order valence-corrected chi connectivity index (χ0v) is 15.5. The standard InChI is InChI=1S/C19H18N2O4S/c1-12-4-6-13(7-5-12)15(22)11-26-19-21-20-18(25-19)14-8-9-16(23-2)17(10-14)24-3/h4-10H,11H2,1-3H3. The molecule has 7 heteroatoms. The van der Waals surface area contributed by atoms with Crippen LogP contribution in [0.2, 0.25) is 0 Å². The average molecular weight is 370 g/mol. The molecule has 3 rings (SSSR count). The molecule has 0 unspecified atom stereocenters. The first kappa shape index (κ1) is 18.0. The Morgan fingerprint density at radius 3 is 2.46 bits per heavy atom. The van der Waals surface area contributed by atoms with Crippen molar-refractivity contribution < 1.29 is 18.7 Å². The fourth-order valence-electron chi connectivity index (χ4n) is 2.30. The lowest BCUT2D eigenvalue weighted by molar-refractivity contribution is 0.102. The molecular weight excluding hydrogens is 352 g/mol. The lowest BCUT2D eigenvalue weighted by Gasteiger charge is -2.07. The summed E-state index contributed by atoms with van der Waals surface area (Å²) in [5, 5.41) is 8.37. The first-order valence-corrected chi connectivity index (χ1v) is 8.88. The summed E-state index contributed by atoms with van der Waals surface area (Å²) < 4.78 is 16.1. The van der Waals surface area contributed by atoms with E-state index in [1.807, 2.05) is 31.2 Å². The molecule has 2 aromatic carbocycles. The molecule has 3 aromatic rings.